The van der Waals surface area contributed by atoms with Crippen LogP contribution in [0.25, 0.3) is 0 Å². The predicted molar refractivity (Wildman–Crippen MR) is 81.0 cm³/mol. The van der Waals surface area contributed by atoms with Crippen LogP contribution in [-0.4, -0.2) is 11.0 Å². The molecule has 106 valence electrons. The Morgan fingerprint density at radius 1 is 1.40 bits per heavy atom. The van der Waals surface area contributed by atoms with E-state index in [1.807, 2.05) is 13.8 Å². The molecule has 0 bridgehead atoms. The molecule has 1 atom stereocenters. The van der Waals surface area contributed by atoms with Crippen molar-refractivity contribution in [3.05, 3.63) is 50.2 Å². The van der Waals surface area contributed by atoms with Gasteiger partial charge in [0.05, 0.1) is 11.7 Å². The molecular weight excluding hydrogens is 295 g/mol. The number of hydrogen-bond donors (Lipinski definition) is 1. The van der Waals surface area contributed by atoms with Gasteiger partial charge in [0.2, 0.25) is 0 Å². The second kappa shape index (κ2) is 5.43. The second-order valence-corrected chi connectivity index (χ2v) is 6.90. The molecule has 2 aromatic rings. The molecule has 1 fully saturated rings. The zero-order chi connectivity index (χ0) is 14.3. The maximum absolute atomic E-state index is 14.2. The number of aryl methyl sites for hydroxylation is 2. The van der Waals surface area contributed by atoms with Crippen LogP contribution in [-0.2, 0) is 0 Å². The normalized spacial score (nSPS) is 16.4. The van der Waals surface area contributed by atoms with Gasteiger partial charge in [0.1, 0.15) is 10.8 Å². The smallest absolute Gasteiger partial charge is 0.129 e. The maximum Gasteiger partial charge on any atom is 0.129 e. The highest BCUT2D eigenvalue weighted by Crippen LogP contribution is 2.33. The van der Waals surface area contributed by atoms with E-state index in [-0.39, 0.29) is 11.9 Å². The molecule has 5 heteroatoms. The van der Waals surface area contributed by atoms with E-state index in [1.165, 1.54) is 10.9 Å². The fourth-order valence-corrected chi connectivity index (χ4v) is 3.30. The minimum Gasteiger partial charge on any atom is -0.301 e. The Labute approximate surface area is 127 Å². The predicted octanol–water partition coefficient (Wildman–Crippen LogP) is 4.39. The van der Waals surface area contributed by atoms with Crippen molar-refractivity contribution in [1.29, 1.82) is 0 Å². The molecule has 2 nitrogen and oxygen atoms in total. The lowest BCUT2D eigenvalue weighted by Gasteiger charge is -2.17. The van der Waals surface area contributed by atoms with Crippen molar-refractivity contribution in [3.8, 4) is 0 Å². The van der Waals surface area contributed by atoms with Crippen LogP contribution in [0.5, 0.6) is 0 Å². The van der Waals surface area contributed by atoms with Gasteiger partial charge in [0.25, 0.3) is 0 Å². The van der Waals surface area contributed by atoms with Gasteiger partial charge in [-0.05, 0) is 38.8 Å². The van der Waals surface area contributed by atoms with Crippen molar-refractivity contribution in [2.24, 2.45) is 0 Å². The zero-order valence-electron chi connectivity index (χ0n) is 11.4. The highest BCUT2D eigenvalue weighted by atomic mass is 35.5. The van der Waals surface area contributed by atoms with Crippen LogP contribution in [0, 0.1) is 19.7 Å². The Balaban J connectivity index is 2.00. The maximum atomic E-state index is 14.2. The summed E-state index contributed by atoms with van der Waals surface area (Å²) in [4.78, 5) is 5.77. The lowest BCUT2D eigenvalue weighted by atomic mass is 10.1. The summed E-state index contributed by atoms with van der Waals surface area (Å²) < 4.78 is 14.2. The van der Waals surface area contributed by atoms with Gasteiger partial charge in [0, 0.05) is 21.5 Å². The van der Waals surface area contributed by atoms with E-state index in [9.17, 15) is 4.39 Å². The molecule has 0 spiro atoms. The van der Waals surface area contributed by atoms with Gasteiger partial charge in [-0.3, -0.25) is 0 Å². The summed E-state index contributed by atoms with van der Waals surface area (Å²) in [6, 6.07) is 5.14. The summed E-state index contributed by atoms with van der Waals surface area (Å²) in [5.74, 6) is -0.277. The quantitative estimate of drug-likeness (QED) is 0.905. The summed E-state index contributed by atoms with van der Waals surface area (Å²) in [7, 11) is 0. The molecule has 1 aliphatic carbocycles. The minimum absolute atomic E-state index is 0.183. The summed E-state index contributed by atoms with van der Waals surface area (Å²) in [5.41, 5.74) is 1.64. The molecule has 1 aromatic heterocycles. The van der Waals surface area contributed by atoms with E-state index >= 15 is 0 Å². The lowest BCUT2D eigenvalue weighted by Crippen LogP contribution is -2.25. The third-order valence-electron chi connectivity index (χ3n) is 3.55. The SMILES string of the molecule is Cc1nc(C(NC2CC2)c2ccc(Cl)cc2F)sc1C. The van der Waals surface area contributed by atoms with Gasteiger partial charge in [-0.25, -0.2) is 9.37 Å². The molecule has 1 unspecified atom stereocenters. The first kappa shape index (κ1) is 14.0. The van der Waals surface area contributed by atoms with Gasteiger partial charge >= 0.3 is 0 Å². The van der Waals surface area contributed by atoms with E-state index in [4.69, 9.17) is 11.6 Å². The van der Waals surface area contributed by atoms with E-state index in [0.717, 1.165) is 23.5 Å². The van der Waals surface area contributed by atoms with Crippen molar-refractivity contribution < 1.29 is 4.39 Å². The number of rotatable bonds is 4. The number of nitrogens with one attached hydrogen (secondary N) is 1. The Kier molecular flexibility index (Phi) is 3.80. The molecule has 1 N–H and O–H groups in total. The first-order valence-electron chi connectivity index (χ1n) is 6.69. The third kappa shape index (κ3) is 2.87. The standard InChI is InChI=1S/C15H16ClFN2S/c1-8-9(2)20-15(18-8)14(19-11-4-5-11)12-6-3-10(16)7-13(12)17/h3,6-7,11,14,19H,4-5H2,1-2H3. The van der Waals surface area contributed by atoms with E-state index in [1.54, 1.807) is 23.5 Å². The summed E-state index contributed by atoms with van der Waals surface area (Å²) >= 11 is 7.47. The molecule has 1 aliphatic rings. The van der Waals surface area contributed by atoms with Crippen LogP contribution in [0.2, 0.25) is 5.02 Å². The van der Waals surface area contributed by atoms with Gasteiger partial charge in [0.15, 0.2) is 0 Å². The summed E-state index contributed by atoms with van der Waals surface area (Å²) in [6.07, 6.45) is 2.30. The van der Waals surface area contributed by atoms with Crippen molar-refractivity contribution in [3.63, 3.8) is 0 Å². The highest BCUT2D eigenvalue weighted by molar-refractivity contribution is 7.11. The van der Waals surface area contributed by atoms with Gasteiger partial charge < -0.3 is 5.32 Å². The number of benzene rings is 1. The van der Waals surface area contributed by atoms with Crippen molar-refractivity contribution >= 4 is 22.9 Å². The fourth-order valence-electron chi connectivity index (χ4n) is 2.14. The number of aromatic nitrogens is 1. The van der Waals surface area contributed by atoms with Crippen LogP contribution >= 0.6 is 22.9 Å². The molecule has 1 saturated carbocycles. The Hall–Kier alpha value is -0.970. The number of thiazole rings is 1. The lowest BCUT2D eigenvalue weighted by molar-refractivity contribution is 0.544. The van der Waals surface area contributed by atoms with Crippen LogP contribution < -0.4 is 5.32 Å². The molecule has 0 radical (unpaired) electrons. The van der Waals surface area contributed by atoms with Crippen molar-refractivity contribution in [2.75, 3.05) is 0 Å². The van der Waals surface area contributed by atoms with E-state index in [0.29, 0.717) is 16.6 Å². The minimum atomic E-state index is -0.277. The second-order valence-electron chi connectivity index (χ2n) is 5.23. The molecule has 0 amide bonds. The van der Waals surface area contributed by atoms with Crippen LogP contribution in [0.3, 0.4) is 0 Å². The van der Waals surface area contributed by atoms with E-state index in [2.05, 4.69) is 10.3 Å². The fraction of sp³-hybridized carbons (Fsp3) is 0.400. The molecule has 3 rings (SSSR count). The first-order valence-corrected chi connectivity index (χ1v) is 7.89. The Morgan fingerprint density at radius 2 is 2.15 bits per heavy atom. The number of nitrogens with zero attached hydrogens (tertiary/aromatic N) is 1. The molecule has 1 heterocycles. The summed E-state index contributed by atoms with van der Waals surface area (Å²) in [6.45, 7) is 4.03. The topological polar surface area (TPSA) is 24.9 Å². The van der Waals surface area contributed by atoms with Crippen LogP contribution in [0.4, 0.5) is 4.39 Å². The van der Waals surface area contributed by atoms with Gasteiger partial charge in [-0.1, -0.05) is 17.7 Å². The zero-order valence-corrected chi connectivity index (χ0v) is 13.0. The third-order valence-corrected chi connectivity index (χ3v) is 4.92. The van der Waals surface area contributed by atoms with Crippen molar-refractivity contribution in [2.45, 2.75) is 38.8 Å². The van der Waals surface area contributed by atoms with Gasteiger partial charge in [-0.15, -0.1) is 11.3 Å². The largest absolute Gasteiger partial charge is 0.301 e. The Morgan fingerprint density at radius 3 is 2.70 bits per heavy atom. The Bertz CT molecular complexity index is 617. The molecular formula is C15H16ClFN2S. The average Bonchev–Trinajstić information content (AvgIpc) is 3.14. The molecule has 20 heavy (non-hydrogen) atoms. The van der Waals surface area contributed by atoms with Crippen molar-refractivity contribution in [1.82, 2.24) is 10.3 Å². The molecule has 0 aliphatic heterocycles. The number of hydrogen-bond acceptors (Lipinski definition) is 3. The van der Waals surface area contributed by atoms with Gasteiger partial charge in [-0.2, -0.15) is 0 Å². The molecule has 0 saturated heterocycles. The first-order chi connectivity index (χ1) is 9.54. The summed E-state index contributed by atoms with van der Waals surface area (Å²) in [5, 5.41) is 4.83. The highest BCUT2D eigenvalue weighted by Gasteiger charge is 2.29. The van der Waals surface area contributed by atoms with E-state index < -0.39 is 0 Å². The molecule has 1 aromatic carbocycles. The number of halogens is 2. The van der Waals surface area contributed by atoms with Crippen LogP contribution in [0.15, 0.2) is 18.2 Å². The monoisotopic (exact) mass is 310 g/mol. The van der Waals surface area contributed by atoms with Crippen LogP contribution in [0.1, 0.15) is 40.0 Å². The average molecular weight is 311 g/mol.